The van der Waals surface area contributed by atoms with E-state index in [0.717, 1.165) is 0 Å². The monoisotopic (exact) mass is 340 g/mol. The number of benzene rings is 1. The van der Waals surface area contributed by atoms with E-state index in [1.165, 1.54) is 12.1 Å². The van der Waals surface area contributed by atoms with Crippen molar-refractivity contribution in [2.75, 3.05) is 13.1 Å². The minimum Gasteiger partial charge on any atom is -0.481 e. The van der Waals surface area contributed by atoms with Gasteiger partial charge in [-0.15, -0.1) is 0 Å². The van der Waals surface area contributed by atoms with E-state index in [2.05, 4.69) is 10.0 Å². The van der Waals surface area contributed by atoms with Gasteiger partial charge in [0.2, 0.25) is 15.9 Å². The highest BCUT2D eigenvalue weighted by atomic mass is 32.2. The van der Waals surface area contributed by atoms with Crippen molar-refractivity contribution < 1.29 is 23.1 Å². The van der Waals surface area contributed by atoms with E-state index >= 15 is 0 Å². The molecule has 1 aliphatic carbocycles. The van der Waals surface area contributed by atoms with Crippen molar-refractivity contribution in [1.29, 1.82) is 0 Å². The minimum absolute atomic E-state index is 0.0356. The Hall–Kier alpha value is -1.93. The lowest BCUT2D eigenvalue weighted by Crippen LogP contribution is -2.36. The molecule has 0 spiro atoms. The van der Waals surface area contributed by atoms with Crippen LogP contribution in [0.5, 0.6) is 0 Å². The third-order valence-electron chi connectivity index (χ3n) is 4.15. The van der Waals surface area contributed by atoms with Crippen molar-refractivity contribution in [2.24, 2.45) is 17.3 Å². The zero-order valence-electron chi connectivity index (χ0n) is 12.9. The lowest BCUT2D eigenvalue weighted by atomic mass is 10.1. The van der Waals surface area contributed by atoms with Gasteiger partial charge in [0.1, 0.15) is 0 Å². The van der Waals surface area contributed by atoms with Crippen LogP contribution in [0.1, 0.15) is 13.8 Å². The molecule has 1 aromatic rings. The van der Waals surface area contributed by atoms with Gasteiger partial charge in [0.15, 0.2) is 0 Å². The molecule has 1 fully saturated rings. The number of sulfonamides is 1. The second-order valence-corrected chi connectivity index (χ2v) is 7.88. The predicted octanol–water partition coefficient (Wildman–Crippen LogP) is 0.438. The van der Waals surface area contributed by atoms with E-state index in [-0.39, 0.29) is 23.9 Å². The Morgan fingerprint density at radius 2 is 1.74 bits per heavy atom. The molecule has 1 aromatic carbocycles. The quantitative estimate of drug-likeness (QED) is 0.623. The van der Waals surface area contributed by atoms with E-state index in [0.29, 0.717) is 0 Å². The van der Waals surface area contributed by atoms with E-state index < -0.39 is 33.2 Å². The maximum absolute atomic E-state index is 12.0. The molecule has 1 saturated carbocycles. The summed E-state index contributed by atoms with van der Waals surface area (Å²) >= 11 is 0. The van der Waals surface area contributed by atoms with E-state index in [1.54, 1.807) is 32.0 Å². The van der Waals surface area contributed by atoms with Crippen LogP contribution >= 0.6 is 0 Å². The maximum Gasteiger partial charge on any atom is 0.307 e. The van der Waals surface area contributed by atoms with Gasteiger partial charge in [-0.25, -0.2) is 13.1 Å². The van der Waals surface area contributed by atoms with Crippen molar-refractivity contribution in [2.45, 2.75) is 18.7 Å². The van der Waals surface area contributed by atoms with Crippen molar-refractivity contribution in [1.82, 2.24) is 10.0 Å². The van der Waals surface area contributed by atoms with Crippen LogP contribution in [-0.4, -0.2) is 38.5 Å². The van der Waals surface area contributed by atoms with Gasteiger partial charge < -0.3 is 10.4 Å². The third-order valence-corrected chi connectivity index (χ3v) is 5.62. The number of carboxylic acid groups (broad SMARTS) is 1. The molecule has 0 saturated heterocycles. The van der Waals surface area contributed by atoms with E-state index in [4.69, 9.17) is 5.11 Å². The molecule has 0 radical (unpaired) electrons. The molecule has 0 bridgehead atoms. The number of nitrogens with one attached hydrogen (secondary N) is 2. The summed E-state index contributed by atoms with van der Waals surface area (Å²) in [5, 5.41) is 11.6. The number of amides is 1. The van der Waals surface area contributed by atoms with Gasteiger partial charge in [0.05, 0.1) is 16.7 Å². The van der Waals surface area contributed by atoms with Gasteiger partial charge in [-0.3, -0.25) is 9.59 Å². The molecular formula is C15H20N2O5S. The average Bonchev–Trinajstić information content (AvgIpc) is 3.07. The molecule has 126 valence electrons. The van der Waals surface area contributed by atoms with Gasteiger partial charge in [-0.05, 0) is 17.5 Å². The minimum atomic E-state index is -3.61. The highest BCUT2D eigenvalue weighted by Crippen LogP contribution is 2.58. The molecule has 1 amide bonds. The summed E-state index contributed by atoms with van der Waals surface area (Å²) in [4.78, 5) is 23.2. The number of aliphatic carboxylic acids is 1. The molecule has 23 heavy (non-hydrogen) atoms. The normalized spacial score (nSPS) is 22.3. The summed E-state index contributed by atoms with van der Waals surface area (Å²) in [6.07, 6.45) is 0. The van der Waals surface area contributed by atoms with E-state index in [9.17, 15) is 18.0 Å². The molecule has 0 unspecified atom stereocenters. The Labute approximate surface area is 135 Å². The predicted molar refractivity (Wildman–Crippen MR) is 83.0 cm³/mol. The van der Waals surface area contributed by atoms with Gasteiger partial charge in [-0.1, -0.05) is 32.0 Å². The lowest BCUT2D eigenvalue weighted by Gasteiger charge is -2.08. The standard InChI is InChI=1S/C15H20N2O5S/c1-15(2)11(12(15)14(19)20)13(18)16-8-9-17-23(21,22)10-6-4-3-5-7-10/h3-7,11-12,17H,8-9H2,1-2H3,(H,16,18)(H,19,20)/t11-,12+/m1/s1. The number of carbonyl (C=O) groups is 2. The van der Waals surface area contributed by atoms with Gasteiger partial charge in [0, 0.05) is 13.1 Å². The zero-order valence-corrected chi connectivity index (χ0v) is 13.8. The van der Waals surface area contributed by atoms with Gasteiger partial charge in [0.25, 0.3) is 0 Å². The van der Waals surface area contributed by atoms with Crippen LogP contribution in [0.4, 0.5) is 0 Å². The SMILES string of the molecule is CC1(C)[C@H](C(=O)O)[C@@H]1C(=O)NCCNS(=O)(=O)c1ccccc1. The van der Waals surface area contributed by atoms with Gasteiger partial charge >= 0.3 is 5.97 Å². The first-order valence-electron chi connectivity index (χ1n) is 7.23. The number of rotatable bonds is 7. The summed E-state index contributed by atoms with van der Waals surface area (Å²) in [7, 11) is -3.61. The van der Waals surface area contributed by atoms with Crippen LogP contribution in [0.15, 0.2) is 35.2 Å². The summed E-state index contributed by atoms with van der Waals surface area (Å²) in [5.41, 5.74) is -0.570. The summed E-state index contributed by atoms with van der Waals surface area (Å²) in [5.74, 6) is -2.62. The van der Waals surface area contributed by atoms with Crippen LogP contribution in [0, 0.1) is 17.3 Å². The largest absolute Gasteiger partial charge is 0.481 e. The summed E-state index contributed by atoms with van der Waals surface area (Å²) in [6.45, 7) is 3.60. The molecule has 0 aliphatic heterocycles. The first-order chi connectivity index (χ1) is 10.7. The second-order valence-electron chi connectivity index (χ2n) is 6.12. The number of carboxylic acids is 1. The molecule has 7 nitrogen and oxygen atoms in total. The Balaban J connectivity index is 1.80. The Kier molecular flexibility index (Phi) is 4.76. The number of hydrogen-bond donors (Lipinski definition) is 3. The molecule has 0 heterocycles. The molecule has 3 N–H and O–H groups in total. The molecule has 2 atom stereocenters. The van der Waals surface area contributed by atoms with Crippen LogP contribution < -0.4 is 10.0 Å². The smallest absolute Gasteiger partial charge is 0.307 e. The maximum atomic E-state index is 12.0. The van der Waals surface area contributed by atoms with E-state index in [1.807, 2.05) is 0 Å². The fourth-order valence-corrected chi connectivity index (χ4v) is 3.80. The number of hydrogen-bond acceptors (Lipinski definition) is 4. The third kappa shape index (κ3) is 3.70. The molecule has 8 heteroatoms. The first-order valence-corrected chi connectivity index (χ1v) is 8.71. The van der Waals surface area contributed by atoms with Crippen LogP contribution in [0.25, 0.3) is 0 Å². The molecule has 2 rings (SSSR count). The zero-order chi connectivity index (χ0) is 17.3. The topological polar surface area (TPSA) is 113 Å². The average molecular weight is 340 g/mol. The van der Waals surface area contributed by atoms with Crippen LogP contribution in [0.2, 0.25) is 0 Å². The van der Waals surface area contributed by atoms with Crippen molar-refractivity contribution in [3.8, 4) is 0 Å². The van der Waals surface area contributed by atoms with Crippen LogP contribution in [0.3, 0.4) is 0 Å². The summed E-state index contributed by atoms with van der Waals surface area (Å²) < 4.78 is 26.3. The second kappa shape index (κ2) is 6.29. The summed E-state index contributed by atoms with van der Waals surface area (Å²) in [6, 6.07) is 7.92. The fourth-order valence-electron chi connectivity index (χ4n) is 2.75. The number of carbonyl (C=O) groups excluding carboxylic acids is 1. The van der Waals surface area contributed by atoms with Crippen molar-refractivity contribution in [3.05, 3.63) is 30.3 Å². The van der Waals surface area contributed by atoms with Crippen molar-refractivity contribution >= 4 is 21.9 Å². The molecule has 0 aromatic heterocycles. The Morgan fingerprint density at radius 1 is 1.13 bits per heavy atom. The van der Waals surface area contributed by atoms with Crippen molar-refractivity contribution in [3.63, 3.8) is 0 Å². The van der Waals surface area contributed by atoms with Gasteiger partial charge in [-0.2, -0.15) is 0 Å². The first kappa shape index (κ1) is 17.4. The Bertz CT molecular complexity index is 700. The molecule has 1 aliphatic rings. The Morgan fingerprint density at radius 3 is 2.26 bits per heavy atom. The lowest BCUT2D eigenvalue weighted by molar-refractivity contribution is -0.140. The fraction of sp³-hybridized carbons (Fsp3) is 0.467. The highest BCUT2D eigenvalue weighted by Gasteiger charge is 2.65. The highest BCUT2D eigenvalue weighted by molar-refractivity contribution is 7.89. The molecular weight excluding hydrogens is 320 g/mol. The van der Waals surface area contributed by atoms with Crippen LogP contribution in [-0.2, 0) is 19.6 Å².